The Kier molecular flexibility index (Phi) is 8.27. The largest absolute Gasteiger partial charge is 0.489 e. The van der Waals surface area contributed by atoms with Crippen LogP contribution in [0.25, 0.3) is 39.1 Å². The first-order valence-electron chi connectivity index (χ1n) is 14.4. The Hall–Kier alpha value is -4.25. The third-order valence-corrected chi connectivity index (χ3v) is 9.46. The Balaban J connectivity index is 1.21. The fraction of sp³-hybridized carbons (Fsp3) is 0.0833. The van der Waals surface area contributed by atoms with Crippen LogP contribution in [-0.4, -0.2) is 20.4 Å². The summed E-state index contributed by atoms with van der Waals surface area (Å²) in [6.45, 7) is 4.52. The molecule has 0 fully saturated rings. The molecule has 0 bridgehead atoms. The summed E-state index contributed by atoms with van der Waals surface area (Å²) in [5.41, 5.74) is 5.92. The van der Waals surface area contributed by atoms with Gasteiger partial charge in [-0.1, -0.05) is 66.0 Å². The summed E-state index contributed by atoms with van der Waals surface area (Å²) in [4.78, 5) is 18.5. The molecule has 0 spiro atoms. The van der Waals surface area contributed by atoms with Crippen LogP contribution < -0.4 is 10.3 Å². The summed E-state index contributed by atoms with van der Waals surface area (Å²) < 4.78 is 18.6. The molecule has 0 aliphatic heterocycles. The number of nitrogens with zero attached hydrogens (tertiary/aromatic N) is 4. The number of benzene rings is 4. The number of furan rings is 1. The quantitative estimate of drug-likeness (QED) is 0.151. The SMILES string of the molecule is Cc1cc(C=Nn2c(-c3cc4cc(Br)ccc4o3)nc3ccccc3c2=O)c(C)n1-c1ccc(OCc2ccc(Br)cc2Br)cc1. The zero-order valence-corrected chi connectivity index (χ0v) is 29.4. The number of hydrogen-bond donors (Lipinski definition) is 0. The molecule has 0 amide bonds. The smallest absolute Gasteiger partial charge is 0.282 e. The number of halogens is 3. The highest BCUT2D eigenvalue weighted by molar-refractivity contribution is 9.11. The lowest BCUT2D eigenvalue weighted by molar-refractivity contribution is 0.305. The van der Waals surface area contributed by atoms with E-state index < -0.39 is 0 Å². The molecule has 0 saturated heterocycles. The first-order valence-corrected chi connectivity index (χ1v) is 16.7. The van der Waals surface area contributed by atoms with Crippen molar-refractivity contribution in [3.05, 3.63) is 143 Å². The molecule has 0 N–H and O–H groups in total. The highest BCUT2D eigenvalue weighted by atomic mass is 79.9. The minimum Gasteiger partial charge on any atom is -0.489 e. The van der Waals surface area contributed by atoms with Crippen molar-refractivity contribution in [2.24, 2.45) is 5.10 Å². The standard InChI is InChI=1S/C36H25Br3N4O3/c1-21-15-25(22(2)42(21)28-10-12-29(13-11-28)45-20-23-7-8-27(38)18-31(23)39)19-40-43-35(41-32-6-4-3-5-30(32)36(43)44)34-17-24-16-26(37)9-14-33(24)46-34/h3-19H,20H2,1-2H3. The molecule has 0 unspecified atom stereocenters. The predicted molar refractivity (Wildman–Crippen MR) is 193 cm³/mol. The van der Waals surface area contributed by atoms with Crippen LogP contribution in [0.1, 0.15) is 22.5 Å². The minimum absolute atomic E-state index is 0.280. The third-order valence-electron chi connectivity index (χ3n) is 7.74. The van der Waals surface area contributed by atoms with Crippen molar-refractivity contribution >= 4 is 75.9 Å². The van der Waals surface area contributed by atoms with Gasteiger partial charge >= 0.3 is 0 Å². The highest BCUT2D eigenvalue weighted by Crippen LogP contribution is 2.30. The van der Waals surface area contributed by atoms with Gasteiger partial charge in [0.25, 0.3) is 5.56 Å². The first-order chi connectivity index (χ1) is 22.2. The van der Waals surface area contributed by atoms with Gasteiger partial charge < -0.3 is 13.7 Å². The van der Waals surface area contributed by atoms with Gasteiger partial charge in [-0.3, -0.25) is 4.79 Å². The Morgan fingerprint density at radius 2 is 1.65 bits per heavy atom. The Morgan fingerprint density at radius 1 is 0.891 bits per heavy atom. The number of ether oxygens (including phenoxy) is 1. The number of fused-ring (bicyclic) bond motifs is 2. The molecule has 0 aliphatic carbocycles. The Morgan fingerprint density at radius 3 is 2.46 bits per heavy atom. The second-order valence-corrected chi connectivity index (χ2v) is 13.5. The number of rotatable bonds is 7. The topological polar surface area (TPSA) is 74.5 Å². The summed E-state index contributed by atoms with van der Waals surface area (Å²) in [5.74, 6) is 1.55. The predicted octanol–water partition coefficient (Wildman–Crippen LogP) is 9.97. The van der Waals surface area contributed by atoms with Crippen LogP contribution in [-0.2, 0) is 6.61 Å². The summed E-state index contributed by atoms with van der Waals surface area (Å²) in [5, 5.41) is 6.05. The van der Waals surface area contributed by atoms with Crippen molar-refractivity contribution in [3.8, 4) is 23.0 Å². The molecule has 7 rings (SSSR count). The van der Waals surface area contributed by atoms with E-state index in [4.69, 9.17) is 14.1 Å². The lowest BCUT2D eigenvalue weighted by Gasteiger charge is -2.12. The van der Waals surface area contributed by atoms with E-state index >= 15 is 0 Å². The van der Waals surface area contributed by atoms with E-state index in [9.17, 15) is 4.79 Å². The molecule has 228 valence electrons. The van der Waals surface area contributed by atoms with Gasteiger partial charge in [0.05, 0.1) is 17.1 Å². The molecule has 3 aromatic heterocycles. The summed E-state index contributed by atoms with van der Waals surface area (Å²) in [7, 11) is 0. The molecular formula is C36H25Br3N4O3. The van der Waals surface area contributed by atoms with E-state index in [1.807, 2.05) is 105 Å². The van der Waals surface area contributed by atoms with Crippen LogP contribution in [0.4, 0.5) is 0 Å². The number of hydrogen-bond acceptors (Lipinski definition) is 5. The van der Waals surface area contributed by atoms with Gasteiger partial charge in [-0.05, 0) is 92.7 Å². The first kappa shape index (κ1) is 30.4. The van der Waals surface area contributed by atoms with E-state index in [1.165, 1.54) is 4.68 Å². The zero-order chi connectivity index (χ0) is 31.9. The fourth-order valence-electron chi connectivity index (χ4n) is 5.44. The van der Waals surface area contributed by atoms with Crippen LogP contribution >= 0.6 is 47.8 Å². The summed E-state index contributed by atoms with van der Waals surface area (Å²) >= 11 is 10.6. The van der Waals surface area contributed by atoms with Crippen molar-refractivity contribution < 1.29 is 9.15 Å². The zero-order valence-electron chi connectivity index (χ0n) is 24.7. The average Bonchev–Trinajstić information content (AvgIpc) is 3.59. The molecule has 10 heteroatoms. The second kappa shape index (κ2) is 12.5. The minimum atomic E-state index is -0.280. The van der Waals surface area contributed by atoms with Gasteiger partial charge in [0.1, 0.15) is 17.9 Å². The highest BCUT2D eigenvalue weighted by Gasteiger charge is 2.17. The molecule has 0 saturated carbocycles. The van der Waals surface area contributed by atoms with Gasteiger partial charge in [0.15, 0.2) is 5.76 Å². The maximum absolute atomic E-state index is 13.7. The normalized spacial score (nSPS) is 11.7. The molecule has 46 heavy (non-hydrogen) atoms. The van der Waals surface area contributed by atoms with E-state index in [-0.39, 0.29) is 5.56 Å². The molecule has 0 radical (unpaired) electrons. The van der Waals surface area contributed by atoms with Gasteiger partial charge in [-0.15, -0.1) is 0 Å². The Bertz CT molecular complexity index is 2350. The maximum Gasteiger partial charge on any atom is 0.282 e. The molecule has 0 aliphatic rings. The van der Waals surface area contributed by atoms with Crippen molar-refractivity contribution in [1.29, 1.82) is 0 Å². The monoisotopic (exact) mass is 798 g/mol. The van der Waals surface area contributed by atoms with Crippen LogP contribution in [0.3, 0.4) is 0 Å². The van der Waals surface area contributed by atoms with Crippen LogP contribution in [0.2, 0.25) is 0 Å². The molecule has 4 aromatic carbocycles. The molecule has 7 nitrogen and oxygen atoms in total. The van der Waals surface area contributed by atoms with Crippen LogP contribution in [0, 0.1) is 13.8 Å². The molecule has 7 aromatic rings. The van der Waals surface area contributed by atoms with Crippen molar-refractivity contribution in [2.45, 2.75) is 20.5 Å². The van der Waals surface area contributed by atoms with E-state index in [0.29, 0.717) is 34.7 Å². The van der Waals surface area contributed by atoms with Crippen molar-refractivity contribution in [2.75, 3.05) is 0 Å². The number of aryl methyl sites for hydroxylation is 1. The van der Waals surface area contributed by atoms with Crippen molar-refractivity contribution in [1.82, 2.24) is 14.2 Å². The van der Waals surface area contributed by atoms with E-state index in [0.717, 1.165) is 52.8 Å². The fourth-order valence-corrected chi connectivity index (χ4v) is 6.98. The van der Waals surface area contributed by atoms with Gasteiger partial charge in [0, 0.05) is 47.0 Å². The lowest BCUT2D eigenvalue weighted by atomic mass is 10.2. The van der Waals surface area contributed by atoms with Crippen LogP contribution in [0.5, 0.6) is 5.75 Å². The Labute approximate surface area is 289 Å². The second-order valence-electron chi connectivity index (χ2n) is 10.8. The lowest BCUT2D eigenvalue weighted by Crippen LogP contribution is -2.20. The van der Waals surface area contributed by atoms with Crippen LogP contribution in [0.15, 0.2) is 125 Å². The molecule has 3 heterocycles. The number of aromatic nitrogens is 3. The van der Waals surface area contributed by atoms with Gasteiger partial charge in [0.2, 0.25) is 5.82 Å². The maximum atomic E-state index is 13.7. The summed E-state index contributed by atoms with van der Waals surface area (Å²) in [6.07, 6.45) is 1.70. The molecule has 0 atom stereocenters. The molecular weight excluding hydrogens is 776 g/mol. The van der Waals surface area contributed by atoms with Gasteiger partial charge in [-0.2, -0.15) is 9.78 Å². The van der Waals surface area contributed by atoms with E-state index in [1.54, 1.807) is 12.3 Å². The van der Waals surface area contributed by atoms with Crippen molar-refractivity contribution in [3.63, 3.8) is 0 Å². The third kappa shape index (κ3) is 5.88. The number of para-hydroxylation sites is 1. The van der Waals surface area contributed by atoms with Gasteiger partial charge in [-0.25, -0.2) is 4.98 Å². The average molecular weight is 801 g/mol. The van der Waals surface area contributed by atoms with E-state index in [2.05, 4.69) is 57.5 Å². The summed E-state index contributed by atoms with van der Waals surface area (Å²) in [6, 6.07) is 30.9.